The minimum atomic E-state index is 0.545. The standard InChI is InChI=1S/C20H20O3/c1-3-22-19-6-4-5-17-13-16(14-23-20(17)19)8-7-15-9-11-18(21-2)12-10-15/h4-13H,3,14H2,1-2H3/b8-7-. The molecule has 3 nitrogen and oxygen atoms in total. The van der Waals surface area contributed by atoms with Crippen LogP contribution in [0.2, 0.25) is 0 Å². The molecule has 3 heteroatoms. The molecule has 0 bridgehead atoms. The van der Waals surface area contributed by atoms with E-state index < -0.39 is 0 Å². The molecule has 1 heterocycles. The summed E-state index contributed by atoms with van der Waals surface area (Å²) < 4.78 is 16.7. The first-order valence-corrected chi connectivity index (χ1v) is 7.71. The SMILES string of the molecule is CCOc1cccc2c1OCC(/C=C\c1ccc(OC)cc1)=C2. The van der Waals surface area contributed by atoms with Gasteiger partial charge in [-0.3, -0.25) is 0 Å². The molecule has 0 spiro atoms. The molecule has 2 aromatic rings. The van der Waals surface area contributed by atoms with E-state index in [1.165, 1.54) is 0 Å². The van der Waals surface area contributed by atoms with Crippen molar-refractivity contribution in [3.8, 4) is 17.2 Å². The number of benzene rings is 2. The summed E-state index contributed by atoms with van der Waals surface area (Å²) in [5.74, 6) is 2.50. The molecule has 0 radical (unpaired) electrons. The van der Waals surface area contributed by atoms with Gasteiger partial charge in [0.05, 0.1) is 13.7 Å². The maximum atomic E-state index is 5.88. The van der Waals surface area contributed by atoms with Gasteiger partial charge >= 0.3 is 0 Å². The highest BCUT2D eigenvalue weighted by Crippen LogP contribution is 2.36. The highest BCUT2D eigenvalue weighted by Gasteiger charge is 2.14. The van der Waals surface area contributed by atoms with Gasteiger partial charge in [-0.05, 0) is 42.3 Å². The Hall–Kier alpha value is -2.68. The van der Waals surface area contributed by atoms with Crippen LogP contribution in [-0.4, -0.2) is 20.3 Å². The van der Waals surface area contributed by atoms with Gasteiger partial charge in [0.15, 0.2) is 11.5 Å². The lowest BCUT2D eigenvalue weighted by molar-refractivity contribution is 0.292. The van der Waals surface area contributed by atoms with Gasteiger partial charge in [-0.2, -0.15) is 0 Å². The fraction of sp³-hybridized carbons (Fsp3) is 0.200. The van der Waals surface area contributed by atoms with Crippen LogP contribution in [-0.2, 0) is 0 Å². The topological polar surface area (TPSA) is 27.7 Å². The van der Waals surface area contributed by atoms with Gasteiger partial charge in [0, 0.05) is 5.56 Å². The summed E-state index contributed by atoms with van der Waals surface area (Å²) in [4.78, 5) is 0. The largest absolute Gasteiger partial charge is 0.497 e. The quantitative estimate of drug-likeness (QED) is 0.809. The molecule has 0 aliphatic carbocycles. The van der Waals surface area contributed by atoms with E-state index in [0.717, 1.165) is 33.9 Å². The Morgan fingerprint density at radius 3 is 2.65 bits per heavy atom. The van der Waals surface area contributed by atoms with Crippen LogP contribution in [0.1, 0.15) is 18.1 Å². The maximum Gasteiger partial charge on any atom is 0.168 e. The van der Waals surface area contributed by atoms with Gasteiger partial charge in [-0.15, -0.1) is 0 Å². The second kappa shape index (κ2) is 7.05. The minimum Gasteiger partial charge on any atom is -0.497 e. The minimum absolute atomic E-state index is 0.545. The number of fused-ring (bicyclic) bond motifs is 1. The lowest BCUT2D eigenvalue weighted by Crippen LogP contribution is -2.07. The molecule has 23 heavy (non-hydrogen) atoms. The van der Waals surface area contributed by atoms with Gasteiger partial charge in [-0.25, -0.2) is 0 Å². The second-order valence-corrected chi connectivity index (χ2v) is 5.22. The summed E-state index contributed by atoms with van der Waals surface area (Å²) in [6.45, 7) is 3.15. The molecule has 0 unspecified atom stereocenters. The van der Waals surface area contributed by atoms with Crippen LogP contribution in [0.25, 0.3) is 12.2 Å². The average Bonchev–Trinajstić information content (AvgIpc) is 2.60. The van der Waals surface area contributed by atoms with Gasteiger partial charge in [-0.1, -0.05) is 36.4 Å². The molecule has 0 N–H and O–H groups in total. The first kappa shape index (κ1) is 15.2. The first-order valence-electron chi connectivity index (χ1n) is 7.71. The summed E-state index contributed by atoms with van der Waals surface area (Å²) >= 11 is 0. The molecule has 0 amide bonds. The lowest BCUT2D eigenvalue weighted by atomic mass is 10.1. The molecule has 118 valence electrons. The van der Waals surface area contributed by atoms with Crippen molar-refractivity contribution in [2.45, 2.75) is 6.92 Å². The van der Waals surface area contributed by atoms with Crippen molar-refractivity contribution in [2.75, 3.05) is 20.3 Å². The molecule has 0 atom stereocenters. The zero-order valence-electron chi connectivity index (χ0n) is 13.4. The van der Waals surface area contributed by atoms with E-state index in [4.69, 9.17) is 14.2 Å². The molecule has 3 rings (SSSR count). The monoisotopic (exact) mass is 308 g/mol. The fourth-order valence-corrected chi connectivity index (χ4v) is 2.48. The number of methoxy groups -OCH3 is 1. The molecule has 1 aliphatic rings. The van der Waals surface area contributed by atoms with Gasteiger partial charge in [0.2, 0.25) is 0 Å². The maximum absolute atomic E-state index is 5.88. The van der Waals surface area contributed by atoms with Crippen molar-refractivity contribution in [2.24, 2.45) is 0 Å². The van der Waals surface area contributed by atoms with Crippen molar-refractivity contribution < 1.29 is 14.2 Å². The molecular weight excluding hydrogens is 288 g/mol. The Kier molecular flexibility index (Phi) is 4.67. The van der Waals surface area contributed by atoms with Crippen LogP contribution in [0, 0.1) is 0 Å². The normalized spacial score (nSPS) is 13.2. The highest BCUT2D eigenvalue weighted by atomic mass is 16.5. The van der Waals surface area contributed by atoms with E-state index in [2.05, 4.69) is 18.2 Å². The van der Waals surface area contributed by atoms with E-state index in [-0.39, 0.29) is 0 Å². The number of hydrogen-bond acceptors (Lipinski definition) is 3. The van der Waals surface area contributed by atoms with Gasteiger partial charge in [0.1, 0.15) is 12.4 Å². The lowest BCUT2D eigenvalue weighted by Gasteiger charge is -2.19. The highest BCUT2D eigenvalue weighted by molar-refractivity contribution is 5.70. The molecule has 2 aromatic carbocycles. The Bertz CT molecular complexity index is 727. The molecule has 0 saturated heterocycles. The summed E-state index contributed by atoms with van der Waals surface area (Å²) in [5, 5.41) is 0. The Labute approximate surface area is 136 Å². The van der Waals surface area contributed by atoms with Crippen LogP contribution in [0.3, 0.4) is 0 Å². The van der Waals surface area contributed by atoms with Crippen molar-refractivity contribution in [3.63, 3.8) is 0 Å². The molecule has 0 saturated carbocycles. The summed E-state index contributed by atoms with van der Waals surface area (Å²) in [7, 11) is 1.67. The van der Waals surface area contributed by atoms with E-state index in [1.807, 2.05) is 49.4 Å². The molecular formula is C20H20O3. The van der Waals surface area contributed by atoms with Crippen molar-refractivity contribution in [3.05, 3.63) is 65.2 Å². The summed E-state index contributed by atoms with van der Waals surface area (Å²) in [6, 6.07) is 13.9. The number of ether oxygens (including phenoxy) is 3. The summed E-state index contributed by atoms with van der Waals surface area (Å²) in [6.07, 6.45) is 6.30. The summed E-state index contributed by atoms with van der Waals surface area (Å²) in [5.41, 5.74) is 3.30. The third-order valence-corrected chi connectivity index (χ3v) is 3.64. The smallest absolute Gasteiger partial charge is 0.168 e. The third-order valence-electron chi connectivity index (χ3n) is 3.64. The predicted molar refractivity (Wildman–Crippen MR) is 93.1 cm³/mol. The Morgan fingerprint density at radius 1 is 1.09 bits per heavy atom. The molecule has 0 fully saturated rings. The van der Waals surface area contributed by atoms with E-state index >= 15 is 0 Å². The van der Waals surface area contributed by atoms with Crippen LogP contribution in [0.4, 0.5) is 0 Å². The van der Waals surface area contributed by atoms with Gasteiger partial charge in [0.25, 0.3) is 0 Å². The zero-order valence-corrected chi connectivity index (χ0v) is 13.4. The van der Waals surface area contributed by atoms with Crippen molar-refractivity contribution in [1.82, 2.24) is 0 Å². The van der Waals surface area contributed by atoms with Crippen molar-refractivity contribution in [1.29, 1.82) is 0 Å². The van der Waals surface area contributed by atoms with Gasteiger partial charge < -0.3 is 14.2 Å². The zero-order chi connectivity index (χ0) is 16.1. The first-order chi connectivity index (χ1) is 11.3. The van der Waals surface area contributed by atoms with E-state index in [9.17, 15) is 0 Å². The average molecular weight is 308 g/mol. The van der Waals surface area contributed by atoms with Crippen LogP contribution in [0.15, 0.2) is 54.1 Å². The van der Waals surface area contributed by atoms with Crippen LogP contribution < -0.4 is 14.2 Å². The number of rotatable bonds is 5. The fourth-order valence-electron chi connectivity index (χ4n) is 2.48. The van der Waals surface area contributed by atoms with Crippen LogP contribution >= 0.6 is 0 Å². The second-order valence-electron chi connectivity index (χ2n) is 5.22. The number of hydrogen-bond donors (Lipinski definition) is 0. The molecule has 1 aliphatic heterocycles. The third kappa shape index (κ3) is 3.57. The van der Waals surface area contributed by atoms with E-state index in [1.54, 1.807) is 7.11 Å². The molecule has 0 aromatic heterocycles. The predicted octanol–water partition coefficient (Wildman–Crippen LogP) is 4.58. The Balaban J connectivity index is 1.79. The van der Waals surface area contributed by atoms with E-state index in [0.29, 0.717) is 13.2 Å². The van der Waals surface area contributed by atoms with Crippen molar-refractivity contribution >= 4 is 12.2 Å². The Morgan fingerprint density at radius 2 is 1.91 bits per heavy atom. The van der Waals surface area contributed by atoms with Crippen LogP contribution in [0.5, 0.6) is 17.2 Å². The number of para-hydroxylation sites is 1.